The summed E-state index contributed by atoms with van der Waals surface area (Å²) in [5.74, 6) is 1.31. The van der Waals surface area contributed by atoms with E-state index in [2.05, 4.69) is 37.0 Å². The van der Waals surface area contributed by atoms with Crippen molar-refractivity contribution in [2.75, 3.05) is 55.7 Å². The summed E-state index contributed by atoms with van der Waals surface area (Å²) in [6.45, 7) is 7.91. The Bertz CT molecular complexity index is 467. The fourth-order valence-corrected chi connectivity index (χ4v) is 2.64. The molecule has 3 heterocycles. The molecule has 0 amide bonds. The maximum atomic E-state index is 6.07. The van der Waals surface area contributed by atoms with Crippen LogP contribution in [0, 0.1) is 0 Å². The minimum Gasteiger partial charge on any atom is -0.377 e. The normalized spacial score (nSPS) is 24.0. The van der Waals surface area contributed by atoms with Crippen molar-refractivity contribution in [3.05, 3.63) is 5.28 Å². The zero-order valence-electron chi connectivity index (χ0n) is 11.5. The van der Waals surface area contributed by atoms with Crippen LogP contribution in [0.5, 0.6) is 0 Å². The molecule has 2 saturated heterocycles. The molecule has 0 spiro atoms. The molecule has 0 bridgehead atoms. The lowest BCUT2D eigenvalue weighted by Gasteiger charge is -2.34. The summed E-state index contributed by atoms with van der Waals surface area (Å²) in [6.07, 6.45) is 0. The molecular formula is C12H19ClN6O. The van der Waals surface area contributed by atoms with E-state index in [-0.39, 0.29) is 11.3 Å². The zero-order chi connectivity index (χ0) is 13.9. The Kier molecular flexibility index (Phi) is 4.18. The monoisotopic (exact) mass is 298 g/mol. The van der Waals surface area contributed by atoms with Crippen molar-refractivity contribution in [3.63, 3.8) is 0 Å². The largest absolute Gasteiger partial charge is 0.377 e. The van der Waals surface area contributed by atoms with Crippen molar-refractivity contribution in [1.29, 1.82) is 0 Å². The summed E-state index contributed by atoms with van der Waals surface area (Å²) in [7, 11) is 0. The molecule has 0 saturated carbocycles. The lowest BCUT2D eigenvalue weighted by Crippen LogP contribution is -2.46. The number of nitrogens with one attached hydrogen (secondary N) is 1. The number of morpholine rings is 1. The number of hydrogen-bond donors (Lipinski definition) is 1. The lowest BCUT2D eigenvalue weighted by molar-refractivity contribution is 0.0980. The average molecular weight is 299 g/mol. The van der Waals surface area contributed by atoms with Gasteiger partial charge in [-0.05, 0) is 18.5 Å². The maximum absolute atomic E-state index is 6.07. The summed E-state index contributed by atoms with van der Waals surface area (Å²) < 4.78 is 5.45. The fraction of sp³-hybridized carbons (Fsp3) is 0.750. The molecule has 1 atom stereocenters. The Morgan fingerprint density at radius 2 is 1.90 bits per heavy atom. The molecule has 1 unspecified atom stereocenters. The molecule has 2 fully saturated rings. The Hall–Kier alpha value is -1.18. The average Bonchev–Trinajstić information content (AvgIpc) is 2.48. The molecule has 0 radical (unpaired) electrons. The first-order chi connectivity index (χ1) is 9.74. The minimum absolute atomic E-state index is 0.248. The molecule has 7 nitrogen and oxygen atoms in total. The van der Waals surface area contributed by atoms with Gasteiger partial charge in [0.15, 0.2) is 0 Å². The van der Waals surface area contributed by atoms with Crippen LogP contribution in [0.3, 0.4) is 0 Å². The highest BCUT2D eigenvalue weighted by atomic mass is 35.5. The molecule has 1 N–H and O–H groups in total. The molecule has 20 heavy (non-hydrogen) atoms. The van der Waals surface area contributed by atoms with Gasteiger partial charge in [-0.1, -0.05) is 0 Å². The van der Waals surface area contributed by atoms with Gasteiger partial charge < -0.3 is 19.9 Å². The molecule has 8 heteroatoms. The molecular weight excluding hydrogens is 280 g/mol. The van der Waals surface area contributed by atoms with Gasteiger partial charge >= 0.3 is 0 Å². The van der Waals surface area contributed by atoms with Crippen molar-refractivity contribution in [2.24, 2.45) is 0 Å². The van der Waals surface area contributed by atoms with Crippen LogP contribution in [0.2, 0.25) is 5.28 Å². The third kappa shape index (κ3) is 2.94. The van der Waals surface area contributed by atoms with E-state index in [0.29, 0.717) is 25.1 Å². The van der Waals surface area contributed by atoms with Gasteiger partial charge in [0, 0.05) is 32.7 Å². The van der Waals surface area contributed by atoms with Gasteiger partial charge in [0.05, 0.1) is 19.3 Å². The number of anilines is 2. The first-order valence-corrected chi connectivity index (χ1v) is 7.33. The molecule has 0 aliphatic carbocycles. The topological polar surface area (TPSA) is 66.4 Å². The van der Waals surface area contributed by atoms with Gasteiger partial charge in [0.1, 0.15) is 0 Å². The number of rotatable bonds is 2. The van der Waals surface area contributed by atoms with Gasteiger partial charge in [-0.3, -0.25) is 0 Å². The summed E-state index contributed by atoms with van der Waals surface area (Å²) >= 11 is 6.07. The van der Waals surface area contributed by atoms with Crippen LogP contribution in [-0.4, -0.2) is 66.9 Å². The summed E-state index contributed by atoms with van der Waals surface area (Å²) in [6, 6.07) is 0.248. The highest BCUT2D eigenvalue weighted by Gasteiger charge is 2.24. The minimum atomic E-state index is 0.248. The number of halogens is 1. The van der Waals surface area contributed by atoms with E-state index in [0.717, 1.165) is 32.7 Å². The number of piperazine rings is 1. The van der Waals surface area contributed by atoms with Gasteiger partial charge in [-0.2, -0.15) is 15.0 Å². The smallest absolute Gasteiger partial charge is 0.231 e. The standard InChI is InChI=1S/C12H19ClN6O/c1-9-8-20-7-6-19(9)12-16-10(13)15-11(17-12)18-4-2-14-3-5-18/h9,14H,2-8H2,1H3. The van der Waals surface area contributed by atoms with E-state index in [4.69, 9.17) is 16.3 Å². The molecule has 1 aromatic rings. The van der Waals surface area contributed by atoms with E-state index in [1.165, 1.54) is 0 Å². The quantitative estimate of drug-likeness (QED) is 0.834. The lowest BCUT2D eigenvalue weighted by atomic mass is 10.3. The van der Waals surface area contributed by atoms with E-state index >= 15 is 0 Å². The number of nitrogens with zero attached hydrogens (tertiary/aromatic N) is 5. The Balaban J connectivity index is 1.85. The van der Waals surface area contributed by atoms with E-state index in [1.54, 1.807) is 0 Å². The number of ether oxygens (including phenoxy) is 1. The molecule has 2 aliphatic rings. The third-order valence-electron chi connectivity index (χ3n) is 3.61. The van der Waals surface area contributed by atoms with E-state index in [9.17, 15) is 0 Å². The Morgan fingerprint density at radius 1 is 1.15 bits per heavy atom. The SMILES string of the molecule is CC1COCCN1c1nc(Cl)nc(N2CCNCC2)n1. The van der Waals surface area contributed by atoms with Crippen LogP contribution in [0.25, 0.3) is 0 Å². The van der Waals surface area contributed by atoms with Gasteiger partial charge in [-0.15, -0.1) is 0 Å². The summed E-state index contributed by atoms with van der Waals surface area (Å²) in [5, 5.41) is 3.56. The summed E-state index contributed by atoms with van der Waals surface area (Å²) in [4.78, 5) is 17.4. The first kappa shape index (κ1) is 13.8. The van der Waals surface area contributed by atoms with Crippen LogP contribution in [-0.2, 0) is 4.74 Å². The maximum Gasteiger partial charge on any atom is 0.231 e. The van der Waals surface area contributed by atoms with Gasteiger partial charge in [0.2, 0.25) is 17.2 Å². The molecule has 1 aromatic heterocycles. The molecule has 110 valence electrons. The van der Waals surface area contributed by atoms with Crippen LogP contribution in [0.1, 0.15) is 6.92 Å². The second-order valence-electron chi connectivity index (χ2n) is 5.06. The predicted molar refractivity (Wildman–Crippen MR) is 77.5 cm³/mol. The van der Waals surface area contributed by atoms with Crippen molar-refractivity contribution < 1.29 is 4.74 Å². The van der Waals surface area contributed by atoms with Crippen molar-refractivity contribution in [3.8, 4) is 0 Å². The highest BCUT2D eigenvalue weighted by Crippen LogP contribution is 2.20. The van der Waals surface area contributed by atoms with Crippen molar-refractivity contribution in [2.45, 2.75) is 13.0 Å². The second kappa shape index (κ2) is 6.07. The van der Waals surface area contributed by atoms with Crippen molar-refractivity contribution in [1.82, 2.24) is 20.3 Å². The molecule has 0 aromatic carbocycles. The van der Waals surface area contributed by atoms with Crippen molar-refractivity contribution >= 4 is 23.5 Å². The van der Waals surface area contributed by atoms with Crippen LogP contribution in [0.4, 0.5) is 11.9 Å². The number of hydrogen-bond acceptors (Lipinski definition) is 7. The number of aromatic nitrogens is 3. The zero-order valence-corrected chi connectivity index (χ0v) is 12.3. The predicted octanol–water partition coefficient (Wildman–Crippen LogP) is 0.160. The van der Waals surface area contributed by atoms with E-state index in [1.807, 2.05) is 0 Å². The summed E-state index contributed by atoms with van der Waals surface area (Å²) in [5.41, 5.74) is 0. The molecule has 3 rings (SSSR count). The Labute approximate surface area is 123 Å². The first-order valence-electron chi connectivity index (χ1n) is 6.95. The van der Waals surface area contributed by atoms with E-state index < -0.39 is 0 Å². The van der Waals surface area contributed by atoms with Gasteiger partial charge in [0.25, 0.3) is 0 Å². The Morgan fingerprint density at radius 3 is 2.65 bits per heavy atom. The molecule has 2 aliphatic heterocycles. The second-order valence-corrected chi connectivity index (χ2v) is 5.40. The van der Waals surface area contributed by atoms with Crippen LogP contribution >= 0.6 is 11.6 Å². The van der Waals surface area contributed by atoms with Crippen LogP contribution < -0.4 is 15.1 Å². The highest BCUT2D eigenvalue weighted by molar-refractivity contribution is 6.28. The van der Waals surface area contributed by atoms with Gasteiger partial charge in [-0.25, -0.2) is 0 Å². The third-order valence-corrected chi connectivity index (χ3v) is 3.78. The van der Waals surface area contributed by atoms with Crippen LogP contribution in [0.15, 0.2) is 0 Å². The fourth-order valence-electron chi connectivity index (χ4n) is 2.49.